The summed E-state index contributed by atoms with van der Waals surface area (Å²) < 4.78 is 7.55. The third-order valence-corrected chi connectivity index (χ3v) is 4.07. The van der Waals surface area contributed by atoms with Crippen LogP contribution in [-0.4, -0.2) is 51.4 Å². The molecule has 1 N–H and O–H groups in total. The van der Waals surface area contributed by atoms with E-state index in [-0.39, 0.29) is 11.9 Å². The number of ether oxygens (including phenoxy) is 1. The van der Waals surface area contributed by atoms with E-state index in [1.54, 1.807) is 22.8 Å². The number of carbonyl (C=O) groups is 2. The topological polar surface area (TPSA) is 76.5 Å². The van der Waals surface area contributed by atoms with Crippen LogP contribution in [0.5, 0.6) is 0 Å². The van der Waals surface area contributed by atoms with Crippen molar-refractivity contribution in [1.29, 1.82) is 0 Å². The standard InChI is InChI=1S/C15H23BrN4O3/c1-15(2,3)23-14(22)17-10-5-7-20(8-6-10)13(21)12-11(16)9-19(4)18-12/h9-10H,5-8H2,1-4H3,(H,17,22). The molecule has 0 radical (unpaired) electrons. The molecule has 2 rings (SSSR count). The zero-order valence-corrected chi connectivity index (χ0v) is 15.5. The number of alkyl carbamates (subject to hydrolysis) is 1. The zero-order valence-electron chi connectivity index (χ0n) is 13.9. The minimum absolute atomic E-state index is 0.0288. The molecule has 1 aromatic heterocycles. The van der Waals surface area contributed by atoms with E-state index >= 15 is 0 Å². The number of halogens is 1. The van der Waals surface area contributed by atoms with Crippen molar-refractivity contribution < 1.29 is 14.3 Å². The summed E-state index contributed by atoms with van der Waals surface area (Å²) in [7, 11) is 1.78. The number of carbonyl (C=O) groups excluding carboxylic acids is 2. The predicted molar refractivity (Wildman–Crippen MR) is 89.2 cm³/mol. The van der Waals surface area contributed by atoms with Crippen LogP contribution in [0.3, 0.4) is 0 Å². The fourth-order valence-electron chi connectivity index (χ4n) is 2.46. The van der Waals surface area contributed by atoms with E-state index in [2.05, 4.69) is 26.3 Å². The van der Waals surface area contributed by atoms with Crippen LogP contribution in [0.25, 0.3) is 0 Å². The van der Waals surface area contributed by atoms with Crippen molar-refractivity contribution in [2.24, 2.45) is 7.05 Å². The second-order valence-electron chi connectivity index (χ2n) is 6.71. The van der Waals surface area contributed by atoms with Gasteiger partial charge in [-0.3, -0.25) is 9.48 Å². The van der Waals surface area contributed by atoms with Crippen molar-refractivity contribution >= 4 is 27.9 Å². The molecule has 2 heterocycles. The smallest absolute Gasteiger partial charge is 0.407 e. The van der Waals surface area contributed by atoms with Crippen molar-refractivity contribution in [1.82, 2.24) is 20.0 Å². The Morgan fingerprint density at radius 1 is 1.35 bits per heavy atom. The van der Waals surface area contributed by atoms with Crippen molar-refractivity contribution in [3.63, 3.8) is 0 Å². The summed E-state index contributed by atoms with van der Waals surface area (Å²) in [4.78, 5) is 26.0. The number of amides is 2. The molecular weight excluding hydrogens is 364 g/mol. The van der Waals surface area contributed by atoms with Gasteiger partial charge in [0.15, 0.2) is 5.69 Å². The summed E-state index contributed by atoms with van der Waals surface area (Å²) in [5, 5.41) is 7.04. The maximum Gasteiger partial charge on any atom is 0.407 e. The molecular formula is C15H23BrN4O3. The molecule has 7 nitrogen and oxygen atoms in total. The second kappa shape index (κ2) is 6.90. The van der Waals surface area contributed by atoms with E-state index in [4.69, 9.17) is 4.74 Å². The van der Waals surface area contributed by atoms with E-state index in [1.807, 2.05) is 20.8 Å². The van der Waals surface area contributed by atoms with Crippen LogP contribution in [0.4, 0.5) is 4.79 Å². The molecule has 0 atom stereocenters. The number of hydrogen-bond donors (Lipinski definition) is 1. The van der Waals surface area contributed by atoms with E-state index in [0.717, 1.165) is 0 Å². The first-order valence-corrected chi connectivity index (χ1v) is 8.43. The van der Waals surface area contributed by atoms with Gasteiger partial charge in [-0.2, -0.15) is 5.10 Å². The van der Waals surface area contributed by atoms with E-state index in [1.165, 1.54) is 0 Å². The van der Waals surface area contributed by atoms with Crippen LogP contribution in [0.2, 0.25) is 0 Å². The molecule has 0 saturated carbocycles. The van der Waals surface area contributed by atoms with E-state index < -0.39 is 11.7 Å². The zero-order chi connectivity index (χ0) is 17.2. The van der Waals surface area contributed by atoms with Gasteiger partial charge in [0.25, 0.3) is 5.91 Å². The number of likely N-dealkylation sites (tertiary alicyclic amines) is 1. The lowest BCUT2D eigenvalue weighted by molar-refractivity contribution is 0.0473. The molecule has 1 aromatic rings. The highest BCUT2D eigenvalue weighted by atomic mass is 79.9. The molecule has 128 valence electrons. The monoisotopic (exact) mass is 386 g/mol. The van der Waals surface area contributed by atoms with Crippen molar-refractivity contribution in [2.75, 3.05) is 13.1 Å². The number of nitrogens with zero attached hydrogens (tertiary/aromatic N) is 3. The summed E-state index contributed by atoms with van der Waals surface area (Å²) in [6.45, 7) is 6.67. The molecule has 1 aliphatic heterocycles. The Kier molecular flexibility index (Phi) is 5.33. The molecule has 0 aromatic carbocycles. The Morgan fingerprint density at radius 2 is 1.96 bits per heavy atom. The normalized spacial score (nSPS) is 16.3. The Labute approximate surface area is 144 Å². The molecule has 0 unspecified atom stereocenters. The average Bonchev–Trinajstić information content (AvgIpc) is 2.75. The van der Waals surface area contributed by atoms with E-state index in [0.29, 0.717) is 36.1 Å². The summed E-state index contributed by atoms with van der Waals surface area (Å²) in [6.07, 6.45) is 2.75. The summed E-state index contributed by atoms with van der Waals surface area (Å²) in [6, 6.07) is 0.0288. The molecule has 23 heavy (non-hydrogen) atoms. The Bertz CT molecular complexity index is 586. The highest BCUT2D eigenvalue weighted by Gasteiger charge is 2.28. The summed E-state index contributed by atoms with van der Waals surface area (Å²) in [5.41, 5.74) is -0.0857. The number of piperidine rings is 1. The summed E-state index contributed by atoms with van der Waals surface area (Å²) >= 11 is 3.35. The van der Waals surface area contributed by atoms with Gasteiger partial charge in [0.1, 0.15) is 5.60 Å². The molecule has 1 saturated heterocycles. The first-order chi connectivity index (χ1) is 10.7. The van der Waals surface area contributed by atoms with Crippen molar-refractivity contribution in [3.8, 4) is 0 Å². The van der Waals surface area contributed by atoms with Gasteiger partial charge < -0.3 is 15.0 Å². The molecule has 1 fully saturated rings. The van der Waals surface area contributed by atoms with Crippen LogP contribution in [0.15, 0.2) is 10.7 Å². The Balaban J connectivity index is 1.85. The highest BCUT2D eigenvalue weighted by Crippen LogP contribution is 2.19. The van der Waals surface area contributed by atoms with Crippen LogP contribution in [0, 0.1) is 0 Å². The number of hydrogen-bond acceptors (Lipinski definition) is 4. The minimum atomic E-state index is -0.508. The van der Waals surface area contributed by atoms with Crippen LogP contribution >= 0.6 is 15.9 Å². The van der Waals surface area contributed by atoms with Gasteiger partial charge >= 0.3 is 6.09 Å². The summed E-state index contributed by atoms with van der Waals surface area (Å²) in [5.74, 6) is -0.0896. The second-order valence-corrected chi connectivity index (χ2v) is 7.57. The molecule has 0 aliphatic carbocycles. The van der Waals surface area contributed by atoms with Crippen LogP contribution < -0.4 is 5.32 Å². The number of aromatic nitrogens is 2. The molecule has 0 spiro atoms. The van der Waals surface area contributed by atoms with Gasteiger partial charge in [-0.1, -0.05) is 0 Å². The lowest BCUT2D eigenvalue weighted by Crippen LogP contribution is -2.47. The molecule has 2 amide bonds. The van der Waals surface area contributed by atoms with Gasteiger partial charge in [0.05, 0.1) is 4.47 Å². The third-order valence-electron chi connectivity index (χ3n) is 3.49. The third kappa shape index (κ3) is 4.95. The number of nitrogens with one attached hydrogen (secondary N) is 1. The highest BCUT2D eigenvalue weighted by molar-refractivity contribution is 9.10. The number of aryl methyl sites for hydroxylation is 1. The van der Waals surface area contributed by atoms with Gasteiger partial charge in [-0.25, -0.2) is 4.79 Å². The van der Waals surface area contributed by atoms with Gasteiger partial charge in [0, 0.05) is 32.4 Å². The first-order valence-electron chi connectivity index (χ1n) is 7.63. The van der Waals surface area contributed by atoms with Gasteiger partial charge in [-0.05, 0) is 49.5 Å². The number of rotatable bonds is 2. The predicted octanol–water partition coefficient (Wildman–Crippen LogP) is 2.31. The fourth-order valence-corrected chi connectivity index (χ4v) is 3.00. The van der Waals surface area contributed by atoms with E-state index in [9.17, 15) is 9.59 Å². The lowest BCUT2D eigenvalue weighted by Gasteiger charge is -2.32. The van der Waals surface area contributed by atoms with Crippen LogP contribution in [0.1, 0.15) is 44.1 Å². The first kappa shape index (κ1) is 17.8. The molecule has 0 bridgehead atoms. The lowest BCUT2D eigenvalue weighted by atomic mass is 10.0. The van der Waals surface area contributed by atoms with Crippen molar-refractivity contribution in [2.45, 2.75) is 45.3 Å². The average molecular weight is 387 g/mol. The van der Waals surface area contributed by atoms with Crippen LogP contribution in [-0.2, 0) is 11.8 Å². The molecule has 1 aliphatic rings. The molecule has 8 heteroatoms. The minimum Gasteiger partial charge on any atom is -0.444 e. The SMILES string of the molecule is Cn1cc(Br)c(C(=O)N2CCC(NC(=O)OC(C)(C)C)CC2)n1. The van der Waals surface area contributed by atoms with Gasteiger partial charge in [-0.15, -0.1) is 0 Å². The fraction of sp³-hybridized carbons (Fsp3) is 0.667. The maximum absolute atomic E-state index is 12.5. The Morgan fingerprint density at radius 3 is 2.43 bits per heavy atom. The van der Waals surface area contributed by atoms with Gasteiger partial charge in [0.2, 0.25) is 0 Å². The largest absolute Gasteiger partial charge is 0.444 e. The Hall–Kier alpha value is -1.57. The van der Waals surface area contributed by atoms with Crippen molar-refractivity contribution in [3.05, 3.63) is 16.4 Å². The maximum atomic E-state index is 12.5. The quantitative estimate of drug-likeness (QED) is 0.845.